The Bertz CT molecular complexity index is 746. The molecule has 2 aromatic heterocycles. The van der Waals surface area contributed by atoms with E-state index in [9.17, 15) is 0 Å². The van der Waals surface area contributed by atoms with Crippen LogP contribution in [-0.4, -0.2) is 46.7 Å². The van der Waals surface area contributed by atoms with E-state index in [0.29, 0.717) is 5.15 Å². The number of hydrogen-bond donors (Lipinski definition) is 0. The average Bonchev–Trinajstić information content (AvgIpc) is 2.84. The van der Waals surface area contributed by atoms with Crippen molar-refractivity contribution < 1.29 is 9.47 Å². The van der Waals surface area contributed by atoms with Crippen LogP contribution in [0.15, 0.2) is 12.3 Å². The minimum absolute atomic E-state index is 0.00617. The molecule has 1 spiro atoms. The molecular weight excluding hydrogens is 316 g/mol. The normalized spacial score (nSPS) is 26.3. The van der Waals surface area contributed by atoms with E-state index in [1.807, 2.05) is 16.9 Å². The molecule has 0 amide bonds. The van der Waals surface area contributed by atoms with E-state index in [2.05, 4.69) is 9.88 Å². The first-order valence-corrected chi connectivity index (χ1v) is 8.65. The van der Waals surface area contributed by atoms with Crippen LogP contribution in [0.5, 0.6) is 0 Å². The molecule has 7 heteroatoms. The molecule has 122 valence electrons. The molecule has 0 aliphatic carbocycles. The maximum absolute atomic E-state index is 6.13. The van der Waals surface area contributed by atoms with Crippen LogP contribution in [0, 0.1) is 0 Å². The van der Waals surface area contributed by atoms with Gasteiger partial charge >= 0.3 is 0 Å². The number of aromatic nitrogens is 3. The van der Waals surface area contributed by atoms with Gasteiger partial charge in [0, 0.05) is 25.4 Å². The number of ether oxygens (including phenoxy) is 2. The van der Waals surface area contributed by atoms with Gasteiger partial charge < -0.3 is 14.4 Å². The monoisotopic (exact) mass is 334 g/mol. The summed E-state index contributed by atoms with van der Waals surface area (Å²) in [7, 11) is 0. The van der Waals surface area contributed by atoms with Gasteiger partial charge in [-0.1, -0.05) is 11.6 Å². The molecule has 23 heavy (non-hydrogen) atoms. The molecule has 1 unspecified atom stereocenters. The number of rotatable bonds is 2. The third-order valence-electron chi connectivity index (χ3n) is 5.34. The van der Waals surface area contributed by atoms with Gasteiger partial charge in [-0.3, -0.25) is 0 Å². The largest absolute Gasteiger partial charge is 0.376 e. The Morgan fingerprint density at radius 1 is 1.30 bits per heavy atom. The molecule has 3 fully saturated rings. The highest BCUT2D eigenvalue weighted by Gasteiger charge is 2.52. The van der Waals surface area contributed by atoms with E-state index in [4.69, 9.17) is 26.2 Å². The van der Waals surface area contributed by atoms with Crippen molar-refractivity contribution in [3.63, 3.8) is 0 Å². The maximum Gasteiger partial charge on any atom is 0.160 e. The first-order chi connectivity index (χ1) is 11.3. The van der Waals surface area contributed by atoms with Gasteiger partial charge in [0.15, 0.2) is 12.0 Å². The fourth-order valence-electron chi connectivity index (χ4n) is 3.84. The number of pyridine rings is 1. The van der Waals surface area contributed by atoms with E-state index in [0.717, 1.165) is 55.9 Å². The summed E-state index contributed by atoms with van der Waals surface area (Å²) in [5.74, 6) is 0.993. The Morgan fingerprint density at radius 2 is 2.22 bits per heavy atom. The molecule has 0 aromatic carbocycles. The van der Waals surface area contributed by atoms with Crippen molar-refractivity contribution in [2.24, 2.45) is 0 Å². The molecular formula is C16H19ClN4O2. The van der Waals surface area contributed by atoms with Crippen LogP contribution in [-0.2, 0) is 9.47 Å². The van der Waals surface area contributed by atoms with Crippen molar-refractivity contribution in [2.45, 2.75) is 37.5 Å². The van der Waals surface area contributed by atoms with Crippen LogP contribution >= 0.6 is 11.6 Å². The number of anilines is 1. The van der Waals surface area contributed by atoms with Gasteiger partial charge in [0.05, 0.1) is 29.7 Å². The summed E-state index contributed by atoms with van der Waals surface area (Å²) < 4.78 is 13.4. The maximum atomic E-state index is 6.13. The van der Waals surface area contributed by atoms with Gasteiger partial charge in [-0.05, 0) is 25.7 Å². The lowest BCUT2D eigenvalue weighted by atomic mass is 9.82. The third-order valence-corrected chi connectivity index (χ3v) is 5.54. The second-order valence-electron chi connectivity index (χ2n) is 6.73. The molecule has 3 aliphatic heterocycles. The smallest absolute Gasteiger partial charge is 0.160 e. The van der Waals surface area contributed by atoms with Gasteiger partial charge in [0.25, 0.3) is 0 Å². The highest BCUT2D eigenvalue weighted by atomic mass is 35.5. The van der Waals surface area contributed by atoms with E-state index in [1.54, 1.807) is 0 Å². The Morgan fingerprint density at radius 3 is 2.87 bits per heavy atom. The Labute approximate surface area is 139 Å². The van der Waals surface area contributed by atoms with Crippen molar-refractivity contribution in [2.75, 3.05) is 31.3 Å². The highest BCUT2D eigenvalue weighted by molar-refractivity contribution is 6.30. The molecule has 2 aromatic rings. The van der Waals surface area contributed by atoms with Gasteiger partial charge in [0.1, 0.15) is 5.15 Å². The minimum Gasteiger partial charge on any atom is -0.376 e. The first kappa shape index (κ1) is 14.0. The second-order valence-corrected chi connectivity index (χ2v) is 7.12. The Hall–Kier alpha value is -1.37. The standard InChI is InChI=1S/C16H19ClN4O2/c17-13-7-12-11(8-18-13)15(20-5-4-16(20)9-22-10-16)19-21(12)14-3-1-2-6-23-14/h7-8,14H,1-6,9-10H2. The summed E-state index contributed by atoms with van der Waals surface area (Å²) >= 11 is 6.13. The topological polar surface area (TPSA) is 52.4 Å². The van der Waals surface area contributed by atoms with Gasteiger partial charge in [-0.2, -0.15) is 5.10 Å². The van der Waals surface area contributed by atoms with Crippen molar-refractivity contribution in [1.82, 2.24) is 14.8 Å². The van der Waals surface area contributed by atoms with Crippen molar-refractivity contribution in [3.8, 4) is 0 Å². The van der Waals surface area contributed by atoms with E-state index in [-0.39, 0.29) is 11.8 Å². The lowest BCUT2D eigenvalue weighted by molar-refractivity contribution is -0.0853. The molecule has 0 radical (unpaired) electrons. The van der Waals surface area contributed by atoms with Crippen LogP contribution in [0.25, 0.3) is 10.9 Å². The average molecular weight is 335 g/mol. The van der Waals surface area contributed by atoms with Gasteiger partial charge in [-0.15, -0.1) is 0 Å². The predicted molar refractivity (Wildman–Crippen MR) is 86.9 cm³/mol. The molecule has 0 saturated carbocycles. The SMILES string of the molecule is Clc1cc2c(cn1)c(N1CCC13COC3)nn2C1CCCCO1. The molecule has 5 heterocycles. The number of hydrogen-bond acceptors (Lipinski definition) is 5. The summed E-state index contributed by atoms with van der Waals surface area (Å²) in [4.78, 5) is 6.64. The number of halogens is 1. The molecule has 0 N–H and O–H groups in total. The summed E-state index contributed by atoms with van der Waals surface area (Å²) in [6, 6.07) is 1.90. The van der Waals surface area contributed by atoms with Crippen LogP contribution < -0.4 is 4.90 Å². The lowest BCUT2D eigenvalue weighted by Crippen LogP contribution is -2.71. The van der Waals surface area contributed by atoms with Crippen molar-refractivity contribution in [1.29, 1.82) is 0 Å². The van der Waals surface area contributed by atoms with Crippen LogP contribution in [0.3, 0.4) is 0 Å². The van der Waals surface area contributed by atoms with Crippen LogP contribution in [0.2, 0.25) is 5.15 Å². The summed E-state index contributed by atoms with van der Waals surface area (Å²) in [6.07, 6.45) is 6.28. The first-order valence-electron chi connectivity index (χ1n) is 8.28. The molecule has 1 atom stereocenters. The zero-order valence-corrected chi connectivity index (χ0v) is 13.6. The number of fused-ring (bicyclic) bond motifs is 1. The van der Waals surface area contributed by atoms with Crippen LogP contribution in [0.4, 0.5) is 5.82 Å². The molecule has 5 rings (SSSR count). The zero-order valence-electron chi connectivity index (χ0n) is 12.9. The molecule has 0 bridgehead atoms. The lowest BCUT2D eigenvalue weighted by Gasteiger charge is -2.57. The highest BCUT2D eigenvalue weighted by Crippen LogP contribution is 2.43. The summed E-state index contributed by atoms with van der Waals surface area (Å²) in [5.41, 5.74) is 1.16. The zero-order chi connectivity index (χ0) is 15.4. The fraction of sp³-hybridized carbons (Fsp3) is 0.625. The predicted octanol–water partition coefficient (Wildman–Crippen LogP) is 2.76. The Balaban J connectivity index is 1.62. The minimum atomic E-state index is -0.00617. The van der Waals surface area contributed by atoms with E-state index < -0.39 is 0 Å². The second kappa shape index (κ2) is 5.06. The molecule has 6 nitrogen and oxygen atoms in total. The fourth-order valence-corrected chi connectivity index (χ4v) is 3.99. The molecule has 3 aliphatic rings. The summed E-state index contributed by atoms with van der Waals surface area (Å²) in [6.45, 7) is 3.40. The summed E-state index contributed by atoms with van der Waals surface area (Å²) in [5, 5.41) is 6.46. The van der Waals surface area contributed by atoms with Gasteiger partial charge in [0.2, 0.25) is 0 Å². The number of nitrogens with zero attached hydrogens (tertiary/aromatic N) is 4. The molecule has 3 saturated heterocycles. The van der Waals surface area contributed by atoms with Crippen molar-refractivity contribution in [3.05, 3.63) is 17.4 Å². The van der Waals surface area contributed by atoms with Gasteiger partial charge in [-0.25, -0.2) is 9.67 Å². The van der Waals surface area contributed by atoms with E-state index in [1.165, 1.54) is 12.8 Å². The van der Waals surface area contributed by atoms with E-state index >= 15 is 0 Å². The van der Waals surface area contributed by atoms with Crippen LogP contribution in [0.1, 0.15) is 31.9 Å². The third kappa shape index (κ3) is 2.01. The quantitative estimate of drug-likeness (QED) is 0.790. The van der Waals surface area contributed by atoms with Crippen molar-refractivity contribution >= 4 is 28.3 Å². The Kier molecular flexibility index (Phi) is 3.08.